The van der Waals surface area contributed by atoms with Crippen molar-refractivity contribution in [3.63, 3.8) is 0 Å². The van der Waals surface area contributed by atoms with E-state index in [2.05, 4.69) is 31.1 Å². The Kier molecular flexibility index (Phi) is 6.76. The van der Waals surface area contributed by atoms with Gasteiger partial charge in [0.25, 0.3) is 0 Å². The van der Waals surface area contributed by atoms with Gasteiger partial charge >= 0.3 is 0 Å². The smallest absolute Gasteiger partial charge is 0.189 e. The lowest BCUT2D eigenvalue weighted by atomic mass is 9.59. The summed E-state index contributed by atoms with van der Waals surface area (Å²) in [7, 11) is 1.68. The topological polar surface area (TPSA) is 68.9 Å². The summed E-state index contributed by atoms with van der Waals surface area (Å²) in [5.74, 6) is 0.515. The standard InChI is InChI=1S/C15H31N3O2/c1-6-15(7-2)12(9-13(15)20-8-3)18-14(16)17-11(4)10-19-5/h11-13H,6-10H2,1-5H3,(H3,16,17,18). The van der Waals surface area contributed by atoms with Crippen LogP contribution in [0.15, 0.2) is 4.99 Å². The fourth-order valence-corrected chi connectivity index (χ4v) is 3.27. The Morgan fingerprint density at radius 3 is 2.55 bits per heavy atom. The highest BCUT2D eigenvalue weighted by atomic mass is 16.5. The zero-order valence-electron chi connectivity index (χ0n) is 13.6. The van der Waals surface area contributed by atoms with Crippen molar-refractivity contribution in [2.75, 3.05) is 20.3 Å². The fourth-order valence-electron chi connectivity index (χ4n) is 3.27. The summed E-state index contributed by atoms with van der Waals surface area (Å²) < 4.78 is 10.9. The maximum absolute atomic E-state index is 6.01. The van der Waals surface area contributed by atoms with Gasteiger partial charge in [-0.3, -0.25) is 0 Å². The second-order valence-corrected chi connectivity index (χ2v) is 5.65. The normalized spacial score (nSPS) is 26.9. The molecule has 3 atom stereocenters. The molecule has 0 aromatic rings. The molecule has 1 saturated carbocycles. The first-order valence-electron chi connectivity index (χ1n) is 7.74. The van der Waals surface area contributed by atoms with E-state index in [0.29, 0.717) is 18.7 Å². The van der Waals surface area contributed by atoms with Gasteiger partial charge < -0.3 is 20.5 Å². The van der Waals surface area contributed by atoms with Crippen molar-refractivity contribution in [1.29, 1.82) is 0 Å². The molecule has 0 aliphatic heterocycles. The molecule has 5 heteroatoms. The first kappa shape index (κ1) is 17.2. The maximum Gasteiger partial charge on any atom is 0.189 e. The average molecular weight is 285 g/mol. The van der Waals surface area contributed by atoms with Crippen LogP contribution >= 0.6 is 0 Å². The summed E-state index contributed by atoms with van der Waals surface area (Å²) in [6, 6.07) is 0.431. The van der Waals surface area contributed by atoms with Gasteiger partial charge in [-0.25, -0.2) is 4.99 Å². The second kappa shape index (κ2) is 7.84. The van der Waals surface area contributed by atoms with Crippen LogP contribution in [0.25, 0.3) is 0 Å². The summed E-state index contributed by atoms with van der Waals surface area (Å²) in [6.45, 7) is 9.90. The zero-order chi connectivity index (χ0) is 15.2. The monoisotopic (exact) mass is 285 g/mol. The van der Waals surface area contributed by atoms with Gasteiger partial charge in [0.1, 0.15) is 0 Å². The number of nitrogens with one attached hydrogen (secondary N) is 1. The quantitative estimate of drug-likeness (QED) is 0.528. The highest BCUT2D eigenvalue weighted by molar-refractivity contribution is 5.78. The molecule has 118 valence electrons. The highest BCUT2D eigenvalue weighted by Crippen LogP contribution is 2.50. The number of nitrogens with zero attached hydrogens (tertiary/aromatic N) is 1. The SMILES string of the molecule is CCOC1CC(N=C(N)NC(C)COC)C1(CC)CC. The Morgan fingerprint density at radius 1 is 1.40 bits per heavy atom. The first-order chi connectivity index (χ1) is 9.53. The Morgan fingerprint density at radius 2 is 2.05 bits per heavy atom. The minimum atomic E-state index is 0.146. The lowest BCUT2D eigenvalue weighted by Crippen LogP contribution is -2.58. The van der Waals surface area contributed by atoms with E-state index in [0.717, 1.165) is 25.9 Å². The molecule has 1 aliphatic rings. The number of methoxy groups -OCH3 is 1. The lowest BCUT2D eigenvalue weighted by molar-refractivity contribution is -0.127. The van der Waals surface area contributed by atoms with Crippen LogP contribution in [0.2, 0.25) is 0 Å². The van der Waals surface area contributed by atoms with Crippen LogP contribution in [0.3, 0.4) is 0 Å². The van der Waals surface area contributed by atoms with E-state index in [1.54, 1.807) is 7.11 Å². The highest BCUT2D eigenvalue weighted by Gasteiger charge is 2.53. The van der Waals surface area contributed by atoms with E-state index in [1.165, 1.54) is 0 Å². The van der Waals surface area contributed by atoms with E-state index in [1.807, 2.05) is 6.92 Å². The van der Waals surface area contributed by atoms with Crippen LogP contribution in [0.5, 0.6) is 0 Å². The molecular formula is C15H31N3O2. The van der Waals surface area contributed by atoms with Gasteiger partial charge in [-0.15, -0.1) is 0 Å². The maximum atomic E-state index is 6.01. The van der Waals surface area contributed by atoms with Crippen LogP contribution in [0.4, 0.5) is 0 Å². The molecule has 0 aromatic carbocycles. The van der Waals surface area contributed by atoms with Crippen molar-refractivity contribution < 1.29 is 9.47 Å². The summed E-state index contributed by atoms with van der Waals surface area (Å²) in [5, 5.41) is 3.17. The molecule has 3 unspecified atom stereocenters. The molecule has 1 fully saturated rings. The van der Waals surface area contributed by atoms with E-state index in [4.69, 9.17) is 15.2 Å². The second-order valence-electron chi connectivity index (χ2n) is 5.65. The fraction of sp³-hybridized carbons (Fsp3) is 0.933. The molecule has 3 N–H and O–H groups in total. The van der Waals surface area contributed by atoms with Crippen molar-refractivity contribution in [1.82, 2.24) is 5.32 Å². The Balaban J connectivity index is 2.66. The van der Waals surface area contributed by atoms with Gasteiger partial charge in [0.05, 0.1) is 18.8 Å². The molecule has 1 rings (SSSR count). The van der Waals surface area contributed by atoms with Crippen molar-refractivity contribution in [3.05, 3.63) is 0 Å². The molecule has 0 aromatic heterocycles. The van der Waals surface area contributed by atoms with Gasteiger partial charge in [0.2, 0.25) is 0 Å². The van der Waals surface area contributed by atoms with Crippen molar-refractivity contribution in [3.8, 4) is 0 Å². The Labute approximate surface area is 123 Å². The Hall–Kier alpha value is -0.810. The molecule has 5 nitrogen and oxygen atoms in total. The Bertz CT molecular complexity index is 316. The van der Waals surface area contributed by atoms with Crippen molar-refractivity contribution >= 4 is 5.96 Å². The predicted molar refractivity (Wildman–Crippen MR) is 82.9 cm³/mol. The number of guanidine groups is 1. The van der Waals surface area contributed by atoms with Crippen LogP contribution in [0.1, 0.15) is 47.0 Å². The number of ether oxygens (including phenoxy) is 2. The molecule has 0 saturated heterocycles. The molecule has 0 amide bonds. The number of nitrogens with two attached hydrogens (primary N) is 1. The van der Waals surface area contributed by atoms with Crippen LogP contribution < -0.4 is 11.1 Å². The molecule has 0 spiro atoms. The zero-order valence-corrected chi connectivity index (χ0v) is 13.6. The predicted octanol–water partition coefficient (Wildman–Crippen LogP) is 1.91. The van der Waals surface area contributed by atoms with Gasteiger partial charge in [0.15, 0.2) is 5.96 Å². The third-order valence-electron chi connectivity index (χ3n) is 4.53. The third-order valence-corrected chi connectivity index (χ3v) is 4.53. The van der Waals surface area contributed by atoms with Gasteiger partial charge in [0, 0.05) is 25.2 Å². The number of hydrogen-bond donors (Lipinski definition) is 2. The summed E-state index contributed by atoms with van der Waals surface area (Å²) in [4.78, 5) is 4.68. The minimum Gasteiger partial charge on any atom is -0.383 e. The lowest BCUT2D eigenvalue weighted by Gasteiger charge is -2.53. The molecule has 0 bridgehead atoms. The van der Waals surface area contributed by atoms with Gasteiger partial charge in [-0.1, -0.05) is 13.8 Å². The average Bonchev–Trinajstić information content (AvgIpc) is 2.39. The van der Waals surface area contributed by atoms with Crippen LogP contribution in [-0.2, 0) is 9.47 Å². The van der Waals surface area contributed by atoms with Gasteiger partial charge in [-0.2, -0.15) is 0 Å². The largest absolute Gasteiger partial charge is 0.383 e. The number of rotatable bonds is 8. The molecule has 1 aliphatic carbocycles. The van der Waals surface area contributed by atoms with Crippen molar-refractivity contribution in [2.24, 2.45) is 16.1 Å². The summed E-state index contributed by atoms with van der Waals surface area (Å²) in [5.41, 5.74) is 6.15. The van der Waals surface area contributed by atoms with Gasteiger partial charge in [-0.05, 0) is 33.1 Å². The van der Waals surface area contributed by atoms with Crippen LogP contribution in [-0.4, -0.2) is 44.5 Å². The van der Waals surface area contributed by atoms with Crippen LogP contribution in [0, 0.1) is 5.41 Å². The van der Waals surface area contributed by atoms with E-state index >= 15 is 0 Å². The van der Waals surface area contributed by atoms with E-state index in [-0.39, 0.29) is 17.5 Å². The third kappa shape index (κ3) is 3.64. The van der Waals surface area contributed by atoms with Crippen molar-refractivity contribution in [2.45, 2.75) is 65.1 Å². The summed E-state index contributed by atoms with van der Waals surface area (Å²) >= 11 is 0. The minimum absolute atomic E-state index is 0.146. The molecular weight excluding hydrogens is 254 g/mol. The number of hydrogen-bond acceptors (Lipinski definition) is 3. The molecule has 20 heavy (non-hydrogen) atoms. The molecule has 0 radical (unpaired) electrons. The van der Waals surface area contributed by atoms with E-state index < -0.39 is 0 Å². The number of aliphatic imine (C=N–C) groups is 1. The molecule has 0 heterocycles. The first-order valence-corrected chi connectivity index (χ1v) is 7.74. The van der Waals surface area contributed by atoms with E-state index in [9.17, 15) is 0 Å². The summed E-state index contributed by atoms with van der Waals surface area (Å²) in [6.07, 6.45) is 3.43.